The highest BCUT2D eigenvalue weighted by atomic mass is 15.2. The lowest BCUT2D eigenvalue weighted by Gasteiger charge is -2.40. The zero-order valence-electron chi connectivity index (χ0n) is 10.8. The number of likely N-dealkylation sites (N-methyl/N-ethyl adjacent to an activating group) is 1. The number of nitrogens with zero attached hydrogens (tertiary/aromatic N) is 1. The molecular formula is C14H23N3. The van der Waals surface area contributed by atoms with Gasteiger partial charge in [-0.3, -0.25) is 0 Å². The third-order valence-corrected chi connectivity index (χ3v) is 3.23. The maximum atomic E-state index is 6.04. The second kappa shape index (κ2) is 6.30. The van der Waals surface area contributed by atoms with Crippen molar-refractivity contribution in [2.45, 2.75) is 31.8 Å². The number of piperidine rings is 1. The minimum absolute atomic E-state index is 0.0526. The highest BCUT2D eigenvalue weighted by Gasteiger charge is 2.28. The fourth-order valence-electron chi connectivity index (χ4n) is 2.36. The molecule has 1 saturated heterocycles. The molecule has 94 valence electrons. The van der Waals surface area contributed by atoms with Gasteiger partial charge in [0.05, 0.1) is 6.04 Å². The minimum atomic E-state index is 0.0526. The fourth-order valence-corrected chi connectivity index (χ4v) is 2.36. The molecule has 0 saturated carbocycles. The molecule has 0 radical (unpaired) electrons. The van der Waals surface area contributed by atoms with Crippen LogP contribution in [0.25, 0.3) is 0 Å². The first-order valence-corrected chi connectivity index (χ1v) is 6.01. The van der Waals surface area contributed by atoms with Gasteiger partial charge in [0, 0.05) is 25.0 Å². The summed E-state index contributed by atoms with van der Waals surface area (Å²) in [6, 6.07) is 0.385. The number of hydrogen-bond acceptors (Lipinski definition) is 3. The second-order valence-corrected chi connectivity index (χ2v) is 4.30. The predicted molar refractivity (Wildman–Crippen MR) is 74.1 cm³/mol. The van der Waals surface area contributed by atoms with Crippen LogP contribution in [0.4, 0.5) is 0 Å². The van der Waals surface area contributed by atoms with Crippen LogP contribution in [0.1, 0.15) is 19.8 Å². The molecule has 0 amide bonds. The van der Waals surface area contributed by atoms with E-state index in [4.69, 9.17) is 11.5 Å². The second-order valence-electron chi connectivity index (χ2n) is 4.30. The van der Waals surface area contributed by atoms with Crippen molar-refractivity contribution in [1.82, 2.24) is 4.90 Å². The van der Waals surface area contributed by atoms with E-state index >= 15 is 0 Å². The largest absolute Gasteiger partial charge is 0.403 e. The number of allylic oxidation sites excluding steroid dienone is 3. The van der Waals surface area contributed by atoms with Crippen LogP contribution in [-0.2, 0) is 0 Å². The predicted octanol–water partition coefficient (Wildman–Crippen LogP) is 1.90. The molecule has 0 aromatic heterocycles. The molecule has 3 nitrogen and oxygen atoms in total. The van der Waals surface area contributed by atoms with Crippen LogP contribution >= 0.6 is 0 Å². The molecule has 17 heavy (non-hydrogen) atoms. The smallest absolute Gasteiger partial charge is 0.0537 e. The standard InChI is InChI=1S/C14H23N3/c1-4-6-11(7-5-2)13-9-8-12(16)14(10-15)17(13)3/h4-7,10,12-13H,1,8-9,15-16H2,2-3H3/b7-5-,11-6+,14-10-. The van der Waals surface area contributed by atoms with Gasteiger partial charge >= 0.3 is 0 Å². The molecule has 0 aromatic rings. The Morgan fingerprint density at radius 2 is 2.18 bits per heavy atom. The zero-order chi connectivity index (χ0) is 12.8. The van der Waals surface area contributed by atoms with Crippen LogP contribution in [0.2, 0.25) is 0 Å². The van der Waals surface area contributed by atoms with Crippen molar-refractivity contribution in [1.29, 1.82) is 0 Å². The van der Waals surface area contributed by atoms with Gasteiger partial charge in [0.15, 0.2) is 0 Å². The Labute approximate surface area is 104 Å². The van der Waals surface area contributed by atoms with Gasteiger partial charge in [0.2, 0.25) is 0 Å². The van der Waals surface area contributed by atoms with Crippen LogP contribution in [-0.4, -0.2) is 24.0 Å². The summed E-state index contributed by atoms with van der Waals surface area (Å²) >= 11 is 0. The first-order valence-electron chi connectivity index (χ1n) is 6.01. The van der Waals surface area contributed by atoms with Crippen molar-refractivity contribution in [3.05, 3.63) is 48.4 Å². The molecule has 1 aliphatic heterocycles. The van der Waals surface area contributed by atoms with Crippen LogP contribution < -0.4 is 11.5 Å². The van der Waals surface area contributed by atoms with Crippen molar-refractivity contribution in [3.8, 4) is 0 Å². The van der Waals surface area contributed by atoms with Gasteiger partial charge in [-0.1, -0.05) is 30.9 Å². The summed E-state index contributed by atoms with van der Waals surface area (Å²) in [5, 5.41) is 0. The summed E-state index contributed by atoms with van der Waals surface area (Å²) < 4.78 is 0. The lowest BCUT2D eigenvalue weighted by Crippen LogP contribution is -2.45. The SMILES string of the molecule is C=C/C=C(\C=C/C)C1CCC(N)/C(=C/N)N1C. The number of likely N-dealkylation sites (tertiary alicyclic amines) is 1. The molecule has 4 N–H and O–H groups in total. The Balaban J connectivity index is 2.98. The minimum Gasteiger partial charge on any atom is -0.403 e. The zero-order valence-corrected chi connectivity index (χ0v) is 10.8. The molecule has 1 heterocycles. The number of rotatable bonds is 3. The summed E-state index contributed by atoms with van der Waals surface area (Å²) in [6.45, 7) is 5.78. The lowest BCUT2D eigenvalue weighted by atomic mass is 9.91. The van der Waals surface area contributed by atoms with Crippen molar-refractivity contribution in [2.24, 2.45) is 11.5 Å². The molecule has 2 unspecified atom stereocenters. The summed E-state index contributed by atoms with van der Waals surface area (Å²) in [7, 11) is 2.04. The lowest BCUT2D eigenvalue weighted by molar-refractivity contribution is 0.255. The van der Waals surface area contributed by atoms with Crippen molar-refractivity contribution < 1.29 is 0 Å². The van der Waals surface area contributed by atoms with Crippen molar-refractivity contribution in [3.63, 3.8) is 0 Å². The van der Waals surface area contributed by atoms with Crippen LogP contribution in [0.3, 0.4) is 0 Å². The van der Waals surface area contributed by atoms with Gasteiger partial charge in [0.25, 0.3) is 0 Å². The van der Waals surface area contributed by atoms with E-state index in [1.807, 2.05) is 32.2 Å². The van der Waals surface area contributed by atoms with E-state index in [9.17, 15) is 0 Å². The van der Waals surface area contributed by atoms with Crippen LogP contribution in [0.5, 0.6) is 0 Å². The first-order chi connectivity index (χ1) is 8.15. The molecule has 1 rings (SSSR count). The third kappa shape index (κ3) is 3.01. The van der Waals surface area contributed by atoms with E-state index in [1.54, 1.807) is 6.20 Å². The van der Waals surface area contributed by atoms with E-state index in [2.05, 4.69) is 17.6 Å². The summed E-state index contributed by atoms with van der Waals surface area (Å²) in [6.07, 6.45) is 11.7. The average Bonchev–Trinajstić information content (AvgIpc) is 2.30. The Bertz CT molecular complexity index is 352. The molecule has 3 heteroatoms. The van der Waals surface area contributed by atoms with E-state index in [1.165, 1.54) is 5.57 Å². The summed E-state index contributed by atoms with van der Waals surface area (Å²) in [4.78, 5) is 2.17. The molecule has 0 bridgehead atoms. The maximum absolute atomic E-state index is 6.04. The first kappa shape index (κ1) is 13.6. The quantitative estimate of drug-likeness (QED) is 0.732. The summed E-state index contributed by atoms with van der Waals surface area (Å²) in [5.41, 5.74) is 14.0. The van der Waals surface area contributed by atoms with Gasteiger partial charge in [-0.25, -0.2) is 0 Å². The topological polar surface area (TPSA) is 55.3 Å². The highest BCUT2D eigenvalue weighted by Crippen LogP contribution is 2.28. The van der Waals surface area contributed by atoms with Gasteiger partial charge in [-0.2, -0.15) is 0 Å². The summed E-state index contributed by atoms with van der Waals surface area (Å²) in [5.74, 6) is 0. The Morgan fingerprint density at radius 1 is 1.47 bits per heavy atom. The van der Waals surface area contributed by atoms with Crippen molar-refractivity contribution >= 4 is 0 Å². The highest BCUT2D eigenvalue weighted by molar-refractivity contribution is 5.31. The van der Waals surface area contributed by atoms with E-state index in [-0.39, 0.29) is 6.04 Å². The molecule has 2 atom stereocenters. The van der Waals surface area contributed by atoms with E-state index in [0.717, 1.165) is 18.5 Å². The van der Waals surface area contributed by atoms with E-state index in [0.29, 0.717) is 6.04 Å². The molecule has 0 spiro atoms. The molecule has 0 aliphatic carbocycles. The average molecular weight is 233 g/mol. The fraction of sp³-hybridized carbons (Fsp3) is 0.429. The Hall–Kier alpha value is -1.48. The molecule has 0 aromatic carbocycles. The maximum Gasteiger partial charge on any atom is 0.0537 e. The number of hydrogen-bond donors (Lipinski definition) is 2. The van der Waals surface area contributed by atoms with Crippen LogP contribution in [0, 0.1) is 0 Å². The Kier molecular flexibility index (Phi) is 5.04. The number of nitrogens with two attached hydrogens (primary N) is 2. The van der Waals surface area contributed by atoms with Gasteiger partial charge < -0.3 is 16.4 Å². The van der Waals surface area contributed by atoms with Gasteiger partial charge in [-0.15, -0.1) is 0 Å². The third-order valence-electron chi connectivity index (χ3n) is 3.23. The van der Waals surface area contributed by atoms with Crippen molar-refractivity contribution in [2.75, 3.05) is 7.05 Å². The Morgan fingerprint density at radius 3 is 2.71 bits per heavy atom. The van der Waals surface area contributed by atoms with Gasteiger partial charge in [-0.05, 0) is 25.3 Å². The molecular weight excluding hydrogens is 210 g/mol. The van der Waals surface area contributed by atoms with Gasteiger partial charge in [0.1, 0.15) is 0 Å². The monoisotopic (exact) mass is 233 g/mol. The normalized spacial score (nSPS) is 29.0. The van der Waals surface area contributed by atoms with E-state index < -0.39 is 0 Å². The van der Waals surface area contributed by atoms with Crippen LogP contribution in [0.15, 0.2) is 48.4 Å². The molecule has 1 aliphatic rings. The molecule has 1 fully saturated rings.